The van der Waals surface area contributed by atoms with Crippen LogP contribution in [0.1, 0.15) is 26.3 Å². The first kappa shape index (κ1) is 24.5. The Morgan fingerprint density at radius 1 is 1.06 bits per heavy atom. The first-order valence-corrected chi connectivity index (χ1v) is 14.3. The van der Waals surface area contributed by atoms with Crippen molar-refractivity contribution in [2.24, 2.45) is 5.92 Å². The molecule has 0 amide bonds. The summed E-state index contributed by atoms with van der Waals surface area (Å²) < 4.78 is 55.3. The van der Waals surface area contributed by atoms with Crippen LogP contribution in [-0.4, -0.2) is 51.7 Å². The summed E-state index contributed by atoms with van der Waals surface area (Å²) in [5, 5.41) is 0. The third kappa shape index (κ3) is 5.44. The van der Waals surface area contributed by atoms with E-state index < -0.39 is 19.8 Å². The molecule has 0 aromatic heterocycles. The minimum absolute atomic E-state index is 0.0477. The number of ether oxygens (including phenoxy) is 1. The number of anilines is 2. The maximum absolute atomic E-state index is 13.7. The Bertz CT molecular complexity index is 1140. The molecule has 1 N–H and O–H groups in total. The third-order valence-corrected chi connectivity index (χ3v) is 8.41. The summed E-state index contributed by atoms with van der Waals surface area (Å²) in [6.07, 6.45) is 2.20. The molecule has 1 fully saturated rings. The minimum atomic E-state index is -3.92. The monoisotopic (exact) mass is 479 g/mol. The van der Waals surface area contributed by atoms with E-state index in [0.29, 0.717) is 44.2 Å². The summed E-state index contributed by atoms with van der Waals surface area (Å²) in [6, 6.07) is 12.2. The Balaban J connectivity index is 2.09. The predicted octanol–water partition coefficient (Wildman–Crippen LogP) is 3.97. The summed E-state index contributed by atoms with van der Waals surface area (Å²) >= 11 is 0. The quantitative estimate of drug-likeness (QED) is 0.619. The lowest BCUT2D eigenvalue weighted by Crippen LogP contribution is -2.37. The second-order valence-corrected chi connectivity index (χ2v) is 12.5. The fraction of sp³-hybridized carbons (Fsp3) is 0.478. The Hall–Kier alpha value is -2.10. The highest BCUT2D eigenvalue weighted by atomic mass is 32.2. The number of nitrogens with one attached hydrogen (secondary N) is 1. The molecule has 3 rings (SSSR count). The van der Waals surface area contributed by atoms with E-state index >= 15 is 0 Å². The van der Waals surface area contributed by atoms with Crippen molar-refractivity contribution in [3.8, 4) is 0 Å². The first-order valence-electron chi connectivity index (χ1n) is 10.9. The maximum atomic E-state index is 13.7. The SMILES string of the molecule is CCc1ccc(N(CC(C)C)S(=O)(=O)c2ccc(N3CCOCC3)c(S(C)(=N)=O)c2)cc1. The Labute approximate surface area is 192 Å². The molecule has 1 aliphatic heterocycles. The topological polar surface area (TPSA) is 90.8 Å². The number of sulfonamides is 1. The summed E-state index contributed by atoms with van der Waals surface area (Å²) in [7, 11) is -7.07. The van der Waals surface area contributed by atoms with Crippen molar-refractivity contribution in [1.82, 2.24) is 0 Å². The van der Waals surface area contributed by atoms with Crippen molar-refractivity contribution in [2.45, 2.75) is 37.0 Å². The standard InChI is InChI=1S/C23H33N3O4S2/c1-5-19-6-8-20(9-7-19)26(17-18(2)3)32(28,29)21-10-11-22(23(16-21)31(4,24)27)25-12-14-30-15-13-25/h6-11,16,18,24H,5,12-15,17H2,1-4H3. The fourth-order valence-corrected chi connectivity index (χ4v) is 6.41. The van der Waals surface area contributed by atoms with Gasteiger partial charge in [-0.2, -0.15) is 0 Å². The van der Waals surface area contributed by atoms with Crippen LogP contribution in [-0.2, 0) is 30.9 Å². The average molecular weight is 480 g/mol. The normalized spacial score (nSPS) is 16.7. The molecule has 1 aliphatic rings. The zero-order chi connectivity index (χ0) is 23.5. The minimum Gasteiger partial charge on any atom is -0.378 e. The van der Waals surface area contributed by atoms with Crippen molar-refractivity contribution in [3.63, 3.8) is 0 Å². The molecule has 0 spiro atoms. The number of nitrogens with zero attached hydrogens (tertiary/aromatic N) is 2. The van der Waals surface area contributed by atoms with E-state index in [-0.39, 0.29) is 15.7 Å². The highest BCUT2D eigenvalue weighted by Crippen LogP contribution is 2.32. The summed E-state index contributed by atoms with van der Waals surface area (Å²) in [5.41, 5.74) is 2.36. The largest absolute Gasteiger partial charge is 0.378 e. The van der Waals surface area contributed by atoms with Crippen LogP contribution in [0.2, 0.25) is 0 Å². The van der Waals surface area contributed by atoms with E-state index in [2.05, 4.69) is 6.92 Å². The van der Waals surface area contributed by atoms with Gasteiger partial charge in [0, 0.05) is 25.9 Å². The van der Waals surface area contributed by atoms with Crippen LogP contribution in [0.4, 0.5) is 11.4 Å². The van der Waals surface area contributed by atoms with Gasteiger partial charge in [-0.1, -0.05) is 32.9 Å². The molecule has 0 radical (unpaired) electrons. The van der Waals surface area contributed by atoms with Crippen LogP contribution in [0.5, 0.6) is 0 Å². The lowest BCUT2D eigenvalue weighted by molar-refractivity contribution is 0.122. The summed E-state index contributed by atoms with van der Waals surface area (Å²) in [5.74, 6) is 0.106. The Morgan fingerprint density at radius 2 is 1.69 bits per heavy atom. The molecule has 32 heavy (non-hydrogen) atoms. The van der Waals surface area contributed by atoms with Gasteiger partial charge < -0.3 is 9.64 Å². The van der Waals surface area contributed by atoms with Gasteiger partial charge in [-0.3, -0.25) is 4.31 Å². The lowest BCUT2D eigenvalue weighted by atomic mass is 10.1. The van der Waals surface area contributed by atoms with Crippen LogP contribution < -0.4 is 9.21 Å². The van der Waals surface area contributed by atoms with Crippen molar-refractivity contribution >= 4 is 31.1 Å². The number of aryl methyl sites for hydroxylation is 1. The van der Waals surface area contributed by atoms with Crippen LogP contribution >= 0.6 is 0 Å². The van der Waals surface area contributed by atoms with Gasteiger partial charge in [-0.15, -0.1) is 0 Å². The second-order valence-electron chi connectivity index (χ2n) is 8.52. The zero-order valence-corrected chi connectivity index (χ0v) is 20.8. The lowest BCUT2D eigenvalue weighted by Gasteiger charge is -2.31. The fourth-order valence-electron chi connectivity index (χ4n) is 3.73. The van der Waals surface area contributed by atoms with Gasteiger partial charge in [0.15, 0.2) is 0 Å². The van der Waals surface area contributed by atoms with Gasteiger partial charge in [0.2, 0.25) is 0 Å². The molecule has 1 atom stereocenters. The molecule has 0 saturated carbocycles. The molecule has 0 bridgehead atoms. The van der Waals surface area contributed by atoms with Crippen LogP contribution in [0.25, 0.3) is 0 Å². The molecule has 2 aromatic carbocycles. The highest BCUT2D eigenvalue weighted by Gasteiger charge is 2.28. The predicted molar refractivity (Wildman–Crippen MR) is 130 cm³/mol. The van der Waals surface area contributed by atoms with E-state index in [4.69, 9.17) is 9.52 Å². The van der Waals surface area contributed by atoms with Gasteiger partial charge in [-0.05, 0) is 48.2 Å². The van der Waals surface area contributed by atoms with Gasteiger partial charge in [0.1, 0.15) is 0 Å². The van der Waals surface area contributed by atoms with E-state index in [0.717, 1.165) is 12.0 Å². The first-order chi connectivity index (χ1) is 15.0. The zero-order valence-electron chi connectivity index (χ0n) is 19.2. The number of hydrogen-bond donors (Lipinski definition) is 1. The number of rotatable bonds is 8. The summed E-state index contributed by atoms with van der Waals surface area (Å²) in [4.78, 5) is 2.29. The molecular weight excluding hydrogens is 446 g/mol. The van der Waals surface area contributed by atoms with Crippen molar-refractivity contribution in [1.29, 1.82) is 4.78 Å². The van der Waals surface area contributed by atoms with Crippen molar-refractivity contribution in [3.05, 3.63) is 48.0 Å². The van der Waals surface area contributed by atoms with Gasteiger partial charge in [0.25, 0.3) is 10.0 Å². The number of benzene rings is 2. The average Bonchev–Trinajstić information content (AvgIpc) is 2.77. The second kappa shape index (κ2) is 9.80. The summed E-state index contributed by atoms with van der Waals surface area (Å²) in [6.45, 7) is 8.61. The molecule has 2 aromatic rings. The van der Waals surface area contributed by atoms with Gasteiger partial charge >= 0.3 is 0 Å². The molecular formula is C23H33N3O4S2. The number of hydrogen-bond acceptors (Lipinski definition) is 6. The van der Waals surface area contributed by atoms with Crippen molar-refractivity contribution < 1.29 is 17.4 Å². The van der Waals surface area contributed by atoms with Gasteiger partial charge in [0.05, 0.1) is 44.1 Å². The van der Waals surface area contributed by atoms with E-state index in [1.54, 1.807) is 12.1 Å². The number of morpholine rings is 1. The maximum Gasteiger partial charge on any atom is 0.264 e. The van der Waals surface area contributed by atoms with E-state index in [9.17, 15) is 12.6 Å². The van der Waals surface area contributed by atoms with Crippen LogP contribution in [0, 0.1) is 10.7 Å². The molecule has 7 nitrogen and oxygen atoms in total. The molecule has 1 heterocycles. The van der Waals surface area contributed by atoms with Crippen LogP contribution in [0.15, 0.2) is 52.3 Å². The van der Waals surface area contributed by atoms with E-state index in [1.807, 2.05) is 43.0 Å². The van der Waals surface area contributed by atoms with Gasteiger partial charge in [-0.25, -0.2) is 17.4 Å². The Kier molecular flexibility index (Phi) is 7.52. The molecule has 9 heteroatoms. The molecule has 1 saturated heterocycles. The smallest absolute Gasteiger partial charge is 0.264 e. The Morgan fingerprint density at radius 3 is 2.22 bits per heavy atom. The van der Waals surface area contributed by atoms with Crippen molar-refractivity contribution in [2.75, 3.05) is 48.3 Å². The van der Waals surface area contributed by atoms with E-state index in [1.165, 1.54) is 16.6 Å². The third-order valence-electron chi connectivity index (χ3n) is 5.45. The molecule has 1 unspecified atom stereocenters. The molecule has 176 valence electrons. The molecule has 0 aliphatic carbocycles. The van der Waals surface area contributed by atoms with Crippen LogP contribution in [0.3, 0.4) is 0 Å². The highest BCUT2D eigenvalue weighted by molar-refractivity contribution is 7.93.